The standard InChI is InChI=1S/C27H25NO2.CH4O3S/c29-23-11-4-12-24(30)27(23)28-15-17-13-14-22-20-9-2-6-16-5-1-8-19(25(16)20)21-10-3-7-18(17)26(21)22;1-5(2,3)4/h1-3,5-10,13-14,23-24,27-30H,4,11-12,15H2;1H3,(H,2,3,4)/t23-,24+,27+;. The van der Waals surface area contributed by atoms with Crippen LogP contribution >= 0.6 is 0 Å². The molecule has 0 aromatic heterocycles. The third-order valence-corrected chi connectivity index (χ3v) is 6.97. The van der Waals surface area contributed by atoms with Gasteiger partial charge in [0.1, 0.15) is 0 Å². The summed E-state index contributed by atoms with van der Waals surface area (Å²) < 4.78 is 25.9. The molecule has 7 heteroatoms. The third-order valence-electron chi connectivity index (χ3n) is 6.97. The fourth-order valence-corrected chi connectivity index (χ4v) is 5.51. The molecule has 0 radical (unpaired) electrons. The van der Waals surface area contributed by atoms with Gasteiger partial charge in [-0.2, -0.15) is 8.42 Å². The van der Waals surface area contributed by atoms with Crippen molar-refractivity contribution in [2.45, 2.75) is 44.1 Å². The lowest BCUT2D eigenvalue weighted by Crippen LogP contribution is -2.50. The van der Waals surface area contributed by atoms with Crippen molar-refractivity contribution in [1.82, 2.24) is 5.32 Å². The Morgan fingerprint density at radius 3 is 1.86 bits per heavy atom. The van der Waals surface area contributed by atoms with Crippen molar-refractivity contribution < 1.29 is 23.2 Å². The van der Waals surface area contributed by atoms with Crippen LogP contribution in [0.5, 0.6) is 0 Å². The highest BCUT2D eigenvalue weighted by Gasteiger charge is 2.30. The van der Waals surface area contributed by atoms with E-state index in [0.717, 1.165) is 19.3 Å². The van der Waals surface area contributed by atoms with Crippen LogP contribution in [-0.2, 0) is 16.7 Å². The molecule has 1 aliphatic rings. The van der Waals surface area contributed by atoms with Gasteiger partial charge < -0.3 is 15.5 Å². The van der Waals surface area contributed by atoms with E-state index in [9.17, 15) is 18.6 Å². The topological polar surface area (TPSA) is 107 Å². The summed E-state index contributed by atoms with van der Waals surface area (Å²) in [6.45, 7) is 0.630. The molecule has 5 aromatic rings. The molecular formula is C28H29NO5S. The van der Waals surface area contributed by atoms with E-state index >= 15 is 0 Å². The van der Waals surface area contributed by atoms with E-state index in [-0.39, 0.29) is 6.04 Å². The molecule has 0 spiro atoms. The summed E-state index contributed by atoms with van der Waals surface area (Å²) in [5.41, 5.74) is 1.20. The van der Waals surface area contributed by atoms with E-state index in [1.807, 2.05) is 0 Å². The van der Waals surface area contributed by atoms with Gasteiger partial charge in [0.05, 0.1) is 24.5 Å². The first kappa shape index (κ1) is 23.9. The summed E-state index contributed by atoms with van der Waals surface area (Å²) in [4.78, 5) is 0. The molecule has 35 heavy (non-hydrogen) atoms. The minimum atomic E-state index is -3.67. The second-order valence-electron chi connectivity index (χ2n) is 9.41. The molecule has 1 saturated carbocycles. The predicted octanol–water partition coefficient (Wildman–Crippen LogP) is 4.61. The van der Waals surface area contributed by atoms with Crippen molar-refractivity contribution in [2.75, 3.05) is 6.26 Å². The molecule has 4 N–H and O–H groups in total. The molecule has 5 aromatic carbocycles. The van der Waals surface area contributed by atoms with Gasteiger partial charge in [-0.15, -0.1) is 0 Å². The second kappa shape index (κ2) is 9.33. The first-order chi connectivity index (χ1) is 16.7. The van der Waals surface area contributed by atoms with Crippen LogP contribution < -0.4 is 5.32 Å². The quantitative estimate of drug-likeness (QED) is 0.167. The van der Waals surface area contributed by atoms with E-state index < -0.39 is 22.3 Å². The van der Waals surface area contributed by atoms with Crippen molar-refractivity contribution in [3.63, 3.8) is 0 Å². The van der Waals surface area contributed by atoms with Crippen LogP contribution in [0.4, 0.5) is 0 Å². The molecule has 0 saturated heterocycles. The fraction of sp³-hybridized carbons (Fsp3) is 0.286. The van der Waals surface area contributed by atoms with Crippen LogP contribution in [0.15, 0.2) is 66.7 Å². The summed E-state index contributed by atoms with van der Waals surface area (Å²) in [6.07, 6.45) is 2.12. The normalized spacial score (nSPS) is 21.0. The maximum Gasteiger partial charge on any atom is 0.261 e. The number of fused-ring (bicyclic) bond motifs is 2. The zero-order valence-electron chi connectivity index (χ0n) is 19.5. The lowest BCUT2D eigenvalue weighted by molar-refractivity contribution is 0.000911. The molecule has 3 atom stereocenters. The molecule has 6 nitrogen and oxygen atoms in total. The minimum absolute atomic E-state index is 0.265. The fourth-order valence-electron chi connectivity index (χ4n) is 5.51. The van der Waals surface area contributed by atoms with Crippen LogP contribution in [0.1, 0.15) is 24.8 Å². The number of benzene rings is 5. The lowest BCUT2D eigenvalue weighted by Gasteiger charge is -2.33. The summed E-state index contributed by atoms with van der Waals surface area (Å²) in [6, 6.07) is 23.8. The van der Waals surface area contributed by atoms with Gasteiger partial charge in [-0.3, -0.25) is 4.55 Å². The molecule has 0 heterocycles. The van der Waals surface area contributed by atoms with Crippen molar-refractivity contribution in [1.29, 1.82) is 0 Å². The molecule has 1 fully saturated rings. The van der Waals surface area contributed by atoms with Crippen LogP contribution in [0, 0.1) is 0 Å². The van der Waals surface area contributed by atoms with Gasteiger partial charge in [0, 0.05) is 6.54 Å². The Hall–Kier alpha value is -2.81. The van der Waals surface area contributed by atoms with E-state index in [4.69, 9.17) is 4.55 Å². The molecule has 0 bridgehead atoms. The third kappa shape index (κ3) is 4.70. The predicted molar refractivity (Wildman–Crippen MR) is 142 cm³/mol. The van der Waals surface area contributed by atoms with Gasteiger partial charge in [0.25, 0.3) is 10.1 Å². The molecule has 182 valence electrons. The first-order valence-electron chi connectivity index (χ1n) is 11.8. The number of aliphatic hydroxyl groups is 2. The summed E-state index contributed by atoms with van der Waals surface area (Å²) >= 11 is 0. The molecular weight excluding hydrogens is 462 g/mol. The number of hydrogen-bond acceptors (Lipinski definition) is 5. The van der Waals surface area contributed by atoms with E-state index in [0.29, 0.717) is 12.8 Å². The Morgan fingerprint density at radius 2 is 1.26 bits per heavy atom. The summed E-state index contributed by atoms with van der Waals surface area (Å²) in [5, 5.41) is 34.4. The Labute approximate surface area is 204 Å². The molecule has 0 amide bonds. The van der Waals surface area contributed by atoms with Crippen LogP contribution in [0.2, 0.25) is 0 Å². The van der Waals surface area contributed by atoms with Crippen LogP contribution in [0.25, 0.3) is 43.1 Å². The summed E-state index contributed by atoms with van der Waals surface area (Å²) in [7, 11) is -3.67. The number of nitrogens with one attached hydrogen (secondary N) is 1. The maximum absolute atomic E-state index is 10.3. The van der Waals surface area contributed by atoms with Crippen molar-refractivity contribution in [3.05, 3.63) is 72.3 Å². The largest absolute Gasteiger partial charge is 0.391 e. The zero-order valence-corrected chi connectivity index (χ0v) is 20.3. The maximum atomic E-state index is 10.3. The number of aliphatic hydroxyl groups excluding tert-OH is 2. The highest BCUT2D eigenvalue weighted by Crippen LogP contribution is 2.40. The first-order valence-corrected chi connectivity index (χ1v) is 13.7. The van der Waals surface area contributed by atoms with E-state index in [2.05, 4.69) is 72.0 Å². The Bertz CT molecular complexity index is 1550. The van der Waals surface area contributed by atoms with Gasteiger partial charge in [-0.1, -0.05) is 66.7 Å². The minimum Gasteiger partial charge on any atom is -0.391 e. The van der Waals surface area contributed by atoms with Gasteiger partial charge in [0.15, 0.2) is 0 Å². The van der Waals surface area contributed by atoms with Crippen molar-refractivity contribution in [2.24, 2.45) is 0 Å². The Morgan fingerprint density at radius 1 is 0.771 bits per heavy atom. The molecule has 1 aliphatic carbocycles. The van der Waals surface area contributed by atoms with Crippen LogP contribution in [-0.4, -0.2) is 47.7 Å². The second-order valence-corrected chi connectivity index (χ2v) is 10.9. The van der Waals surface area contributed by atoms with Crippen LogP contribution in [0.3, 0.4) is 0 Å². The number of rotatable bonds is 3. The van der Waals surface area contributed by atoms with Gasteiger partial charge in [0.2, 0.25) is 0 Å². The highest BCUT2D eigenvalue weighted by molar-refractivity contribution is 7.85. The summed E-state index contributed by atoms with van der Waals surface area (Å²) in [5.74, 6) is 0. The van der Waals surface area contributed by atoms with Crippen molar-refractivity contribution in [3.8, 4) is 0 Å². The van der Waals surface area contributed by atoms with Gasteiger partial charge in [-0.05, 0) is 67.9 Å². The van der Waals surface area contributed by atoms with Crippen molar-refractivity contribution >= 4 is 53.2 Å². The Balaban J connectivity index is 0.000000464. The molecule has 0 unspecified atom stereocenters. The average Bonchev–Trinajstić information content (AvgIpc) is 2.81. The molecule has 0 aliphatic heterocycles. The Kier molecular flexibility index (Phi) is 6.38. The lowest BCUT2D eigenvalue weighted by atomic mass is 9.88. The molecule has 6 rings (SSSR count). The average molecular weight is 492 g/mol. The van der Waals surface area contributed by atoms with Gasteiger partial charge >= 0.3 is 0 Å². The van der Waals surface area contributed by atoms with E-state index in [1.54, 1.807) is 0 Å². The monoisotopic (exact) mass is 491 g/mol. The number of hydrogen-bond donors (Lipinski definition) is 4. The SMILES string of the molecule is CS(=O)(=O)O.O[C@@H]1CCC[C@H](O)[C@H]1NCc1ccc2c3cccc4cccc(c5cccc1c52)c43. The van der Waals surface area contributed by atoms with E-state index in [1.165, 1.54) is 48.7 Å². The smallest absolute Gasteiger partial charge is 0.261 e. The van der Waals surface area contributed by atoms with Gasteiger partial charge in [-0.25, -0.2) is 0 Å². The zero-order chi connectivity index (χ0) is 24.7. The highest BCUT2D eigenvalue weighted by atomic mass is 32.2.